The highest BCUT2D eigenvalue weighted by atomic mass is 32.2. The fraction of sp³-hybridized carbons (Fsp3) is 0.538. The molecule has 0 radical (unpaired) electrons. The molecule has 0 aliphatic carbocycles. The fourth-order valence-electron chi connectivity index (χ4n) is 2.28. The molecule has 118 valence electrons. The number of nitrogens with two attached hydrogens (primary N) is 1. The molecule has 1 aliphatic rings. The molecule has 0 saturated carbocycles. The Bertz CT molecular complexity index is 680. The van der Waals surface area contributed by atoms with Gasteiger partial charge in [-0.05, 0) is 37.5 Å². The minimum Gasteiger partial charge on any atom is -0.324 e. The predicted molar refractivity (Wildman–Crippen MR) is 83.3 cm³/mol. The molecule has 1 heterocycles. The molecule has 1 unspecified atom stereocenters. The van der Waals surface area contributed by atoms with E-state index in [1.54, 1.807) is 24.3 Å². The Kier molecular flexibility index (Phi) is 4.60. The molecule has 0 amide bonds. The Morgan fingerprint density at radius 3 is 2.19 bits per heavy atom. The molecule has 1 aromatic rings. The zero-order valence-electron chi connectivity index (χ0n) is 11.8. The topological polar surface area (TPSA) is 106 Å². The normalized spacial score (nSPS) is 20.9. The summed E-state index contributed by atoms with van der Waals surface area (Å²) in [6, 6.07) is 6.76. The fourth-order valence-corrected chi connectivity index (χ4v) is 5.56. The third-order valence-electron chi connectivity index (χ3n) is 3.64. The summed E-state index contributed by atoms with van der Waals surface area (Å²) in [6.45, 7) is 1.85. The Morgan fingerprint density at radius 2 is 1.71 bits per heavy atom. The lowest BCUT2D eigenvalue weighted by Gasteiger charge is -2.22. The first-order chi connectivity index (χ1) is 9.70. The molecule has 1 saturated heterocycles. The molecule has 0 aromatic heterocycles. The molecule has 3 N–H and O–H groups in total. The number of sulfone groups is 1. The summed E-state index contributed by atoms with van der Waals surface area (Å²) >= 11 is 0. The summed E-state index contributed by atoms with van der Waals surface area (Å²) in [6.07, 6.45) is 0.297. The van der Waals surface area contributed by atoms with Crippen LogP contribution in [0.25, 0.3) is 0 Å². The van der Waals surface area contributed by atoms with Crippen LogP contribution in [-0.2, 0) is 19.9 Å². The van der Waals surface area contributed by atoms with Crippen molar-refractivity contribution in [1.82, 2.24) is 0 Å². The molecule has 0 bridgehead atoms. The van der Waals surface area contributed by atoms with E-state index in [4.69, 9.17) is 5.73 Å². The minimum atomic E-state index is -3.57. The number of anilines is 1. The van der Waals surface area contributed by atoms with Crippen molar-refractivity contribution in [3.8, 4) is 0 Å². The lowest BCUT2D eigenvalue weighted by atomic mass is 10.1. The van der Waals surface area contributed by atoms with Crippen LogP contribution < -0.4 is 10.5 Å². The van der Waals surface area contributed by atoms with Crippen molar-refractivity contribution in [3.05, 3.63) is 29.8 Å². The van der Waals surface area contributed by atoms with E-state index in [2.05, 4.69) is 4.72 Å². The van der Waals surface area contributed by atoms with Gasteiger partial charge in [0, 0.05) is 11.7 Å². The van der Waals surface area contributed by atoms with Gasteiger partial charge < -0.3 is 5.73 Å². The highest BCUT2D eigenvalue weighted by Crippen LogP contribution is 2.22. The molecule has 0 spiro atoms. The van der Waals surface area contributed by atoms with Crippen molar-refractivity contribution in [2.75, 3.05) is 16.2 Å². The first kappa shape index (κ1) is 16.3. The maximum absolute atomic E-state index is 12.3. The van der Waals surface area contributed by atoms with Crippen LogP contribution in [0.3, 0.4) is 0 Å². The third kappa shape index (κ3) is 4.18. The van der Waals surface area contributed by atoms with E-state index in [0.717, 1.165) is 5.56 Å². The van der Waals surface area contributed by atoms with Gasteiger partial charge in [-0.25, -0.2) is 16.8 Å². The van der Waals surface area contributed by atoms with Crippen molar-refractivity contribution < 1.29 is 16.8 Å². The first-order valence-corrected chi connectivity index (χ1v) is 10.1. The van der Waals surface area contributed by atoms with Gasteiger partial charge in [0.05, 0.1) is 16.8 Å². The molecule has 1 atom stereocenters. The number of benzene rings is 1. The summed E-state index contributed by atoms with van der Waals surface area (Å²) in [4.78, 5) is 0. The SMILES string of the molecule is CC(N)c1ccc(NS(=O)(=O)C2CCS(=O)(=O)CC2)cc1. The van der Waals surface area contributed by atoms with Gasteiger partial charge in [-0.15, -0.1) is 0 Å². The molecular weight excluding hydrogens is 312 g/mol. The average molecular weight is 332 g/mol. The first-order valence-electron chi connectivity index (χ1n) is 6.77. The van der Waals surface area contributed by atoms with E-state index in [0.29, 0.717) is 5.69 Å². The van der Waals surface area contributed by atoms with Crippen molar-refractivity contribution in [2.24, 2.45) is 5.73 Å². The molecule has 1 fully saturated rings. The molecule has 1 aliphatic heterocycles. The Balaban J connectivity index is 2.07. The number of hydrogen-bond donors (Lipinski definition) is 2. The molecule has 8 heteroatoms. The number of sulfonamides is 1. The zero-order valence-corrected chi connectivity index (χ0v) is 13.5. The van der Waals surface area contributed by atoms with Crippen LogP contribution in [0.4, 0.5) is 5.69 Å². The number of rotatable bonds is 4. The van der Waals surface area contributed by atoms with Crippen LogP contribution in [0, 0.1) is 0 Å². The molecule has 1 aromatic carbocycles. The number of nitrogens with one attached hydrogen (secondary N) is 1. The van der Waals surface area contributed by atoms with Crippen molar-refractivity contribution in [2.45, 2.75) is 31.1 Å². The summed E-state index contributed by atoms with van der Waals surface area (Å²) < 4.78 is 49.7. The molecular formula is C13H20N2O4S2. The van der Waals surface area contributed by atoms with E-state index in [1.165, 1.54) is 0 Å². The van der Waals surface area contributed by atoms with Gasteiger partial charge >= 0.3 is 0 Å². The lowest BCUT2D eigenvalue weighted by molar-refractivity contribution is 0.555. The van der Waals surface area contributed by atoms with Crippen LogP contribution in [0.15, 0.2) is 24.3 Å². The summed E-state index contributed by atoms with van der Waals surface area (Å²) in [5, 5.41) is -0.658. The van der Waals surface area contributed by atoms with Crippen molar-refractivity contribution >= 4 is 25.5 Å². The van der Waals surface area contributed by atoms with Crippen LogP contribution in [0.1, 0.15) is 31.4 Å². The van der Waals surface area contributed by atoms with E-state index in [-0.39, 0.29) is 30.4 Å². The molecule has 21 heavy (non-hydrogen) atoms. The van der Waals surface area contributed by atoms with Crippen molar-refractivity contribution in [3.63, 3.8) is 0 Å². The van der Waals surface area contributed by atoms with Crippen LogP contribution in [0.5, 0.6) is 0 Å². The Hall–Kier alpha value is -1.12. The van der Waals surface area contributed by atoms with Crippen LogP contribution >= 0.6 is 0 Å². The van der Waals surface area contributed by atoms with Gasteiger partial charge in [0.15, 0.2) is 0 Å². The standard InChI is InChI=1S/C13H20N2O4S2/c1-10(14)11-2-4-12(5-3-11)15-21(18,19)13-6-8-20(16,17)9-7-13/h2-5,10,13,15H,6-9,14H2,1H3. The summed E-state index contributed by atoms with van der Waals surface area (Å²) in [5.41, 5.74) is 7.12. The number of hydrogen-bond acceptors (Lipinski definition) is 5. The highest BCUT2D eigenvalue weighted by molar-refractivity contribution is 7.94. The maximum Gasteiger partial charge on any atom is 0.235 e. The van der Waals surface area contributed by atoms with Crippen LogP contribution in [-0.4, -0.2) is 33.6 Å². The second-order valence-corrected chi connectivity index (χ2v) is 9.67. The average Bonchev–Trinajstić information content (AvgIpc) is 2.38. The van der Waals surface area contributed by atoms with Gasteiger partial charge in [-0.2, -0.15) is 0 Å². The zero-order chi connectivity index (χ0) is 15.7. The second-order valence-electron chi connectivity index (χ2n) is 5.41. The van der Waals surface area contributed by atoms with Crippen molar-refractivity contribution in [1.29, 1.82) is 0 Å². The quantitative estimate of drug-likeness (QED) is 0.856. The van der Waals surface area contributed by atoms with Gasteiger partial charge in [-0.1, -0.05) is 12.1 Å². The van der Waals surface area contributed by atoms with E-state index < -0.39 is 25.1 Å². The summed E-state index contributed by atoms with van der Waals surface area (Å²) in [7, 11) is -6.64. The third-order valence-corrected chi connectivity index (χ3v) is 7.22. The van der Waals surface area contributed by atoms with Gasteiger partial charge in [0.25, 0.3) is 0 Å². The Morgan fingerprint density at radius 1 is 1.19 bits per heavy atom. The van der Waals surface area contributed by atoms with Crippen LogP contribution in [0.2, 0.25) is 0 Å². The lowest BCUT2D eigenvalue weighted by Crippen LogP contribution is -2.36. The smallest absolute Gasteiger partial charge is 0.235 e. The largest absolute Gasteiger partial charge is 0.324 e. The Labute approximate surface area is 125 Å². The van der Waals surface area contributed by atoms with E-state index in [1.807, 2.05) is 6.92 Å². The second kappa shape index (κ2) is 5.94. The maximum atomic E-state index is 12.3. The molecule has 6 nitrogen and oxygen atoms in total. The molecule has 2 rings (SSSR count). The minimum absolute atomic E-state index is 0.0673. The predicted octanol–water partition coefficient (Wildman–Crippen LogP) is 1.03. The van der Waals surface area contributed by atoms with E-state index in [9.17, 15) is 16.8 Å². The summed E-state index contributed by atoms with van der Waals surface area (Å²) in [5.74, 6) is -0.135. The van der Waals surface area contributed by atoms with Gasteiger partial charge in [-0.3, -0.25) is 4.72 Å². The highest BCUT2D eigenvalue weighted by Gasteiger charge is 2.32. The van der Waals surface area contributed by atoms with Gasteiger partial charge in [0.2, 0.25) is 10.0 Å². The van der Waals surface area contributed by atoms with E-state index >= 15 is 0 Å². The van der Waals surface area contributed by atoms with Gasteiger partial charge in [0.1, 0.15) is 9.84 Å². The monoisotopic (exact) mass is 332 g/mol.